The lowest BCUT2D eigenvalue weighted by Gasteiger charge is -2.26. The second-order valence-corrected chi connectivity index (χ2v) is 7.09. The second-order valence-electron chi connectivity index (χ2n) is 7.09. The number of rotatable bonds is 5. The van der Waals surface area contributed by atoms with Gasteiger partial charge in [0, 0.05) is 29.9 Å². The zero-order valence-electron chi connectivity index (χ0n) is 16.5. The van der Waals surface area contributed by atoms with Gasteiger partial charge < -0.3 is 14.9 Å². The lowest BCUT2D eigenvalue weighted by atomic mass is 10.1. The van der Waals surface area contributed by atoms with Crippen molar-refractivity contribution in [3.8, 4) is 11.4 Å². The van der Waals surface area contributed by atoms with E-state index in [0.717, 1.165) is 24.3 Å². The van der Waals surface area contributed by atoms with Crippen LogP contribution in [-0.4, -0.2) is 51.8 Å². The van der Waals surface area contributed by atoms with Crippen molar-refractivity contribution < 1.29 is 27.6 Å². The Morgan fingerprint density at radius 2 is 2.14 bits per heavy atom. The molecular weight excluding hydrogens is 389 g/mol. The van der Waals surface area contributed by atoms with Crippen molar-refractivity contribution in [2.45, 2.75) is 51.9 Å². The van der Waals surface area contributed by atoms with Crippen molar-refractivity contribution in [3.05, 3.63) is 29.7 Å². The van der Waals surface area contributed by atoms with E-state index in [4.69, 9.17) is 9.90 Å². The molecule has 0 saturated carbocycles. The number of aromatic nitrogens is 2. The molecule has 1 aliphatic rings. The fourth-order valence-electron chi connectivity index (χ4n) is 3.40. The van der Waals surface area contributed by atoms with Gasteiger partial charge in [-0.05, 0) is 63.9 Å². The topological polar surface area (TPSA) is 91.5 Å². The molecule has 0 radical (unpaired) electrons. The zero-order chi connectivity index (χ0) is 21.6. The smallest absolute Gasteiger partial charge is 0.471 e. The second kappa shape index (κ2) is 9.73. The molecule has 3 rings (SSSR count). The molecular formula is C19H25F3N4O3. The van der Waals surface area contributed by atoms with E-state index in [2.05, 4.69) is 38.7 Å². The van der Waals surface area contributed by atoms with Gasteiger partial charge >= 0.3 is 12.1 Å². The van der Waals surface area contributed by atoms with E-state index in [1.807, 2.05) is 19.1 Å². The highest BCUT2D eigenvalue weighted by atomic mass is 19.4. The third-order valence-electron chi connectivity index (χ3n) is 4.75. The van der Waals surface area contributed by atoms with Gasteiger partial charge in [0.2, 0.25) is 5.82 Å². The summed E-state index contributed by atoms with van der Waals surface area (Å²) in [7, 11) is 0. The number of benzene rings is 1. The molecule has 7 nitrogen and oxygen atoms in total. The molecule has 2 atom stereocenters. The van der Waals surface area contributed by atoms with Gasteiger partial charge in [-0.1, -0.05) is 5.16 Å². The molecule has 0 aliphatic carbocycles. The number of likely N-dealkylation sites (tertiary alicyclic amines) is 1. The maximum absolute atomic E-state index is 12.6. The summed E-state index contributed by atoms with van der Waals surface area (Å²) < 4.78 is 42.1. The van der Waals surface area contributed by atoms with Gasteiger partial charge in [0.15, 0.2) is 0 Å². The van der Waals surface area contributed by atoms with E-state index in [9.17, 15) is 13.2 Å². The monoisotopic (exact) mass is 414 g/mol. The van der Waals surface area contributed by atoms with Crippen LogP contribution in [0.2, 0.25) is 0 Å². The van der Waals surface area contributed by atoms with E-state index < -0.39 is 12.1 Å². The standard InChI is InChI=1S/C18H23F3N4O.CH2O2/c1-11-9-14(22-12(2)10-25-8-4-5-13(25)3)6-7-15(11)16-23-17(26-24-16)18(19,20)21;2-1-3/h6-7,9,12-13,22H,4-5,8,10H2,1-3H3;1H,(H,2,3)/t12?,13-;/m0./s1. The van der Waals surface area contributed by atoms with Crippen molar-refractivity contribution in [2.24, 2.45) is 0 Å². The van der Waals surface area contributed by atoms with Gasteiger partial charge in [0.1, 0.15) is 0 Å². The molecule has 1 unspecified atom stereocenters. The van der Waals surface area contributed by atoms with Crippen LogP contribution in [0, 0.1) is 6.92 Å². The highest BCUT2D eigenvalue weighted by Gasteiger charge is 2.38. The Balaban J connectivity index is 0.000000941. The minimum Gasteiger partial charge on any atom is -0.483 e. The molecule has 1 aliphatic heterocycles. The van der Waals surface area contributed by atoms with E-state index >= 15 is 0 Å². The fourth-order valence-corrected chi connectivity index (χ4v) is 3.40. The van der Waals surface area contributed by atoms with Crippen molar-refractivity contribution in [1.29, 1.82) is 0 Å². The van der Waals surface area contributed by atoms with Crippen LogP contribution < -0.4 is 5.32 Å². The molecule has 2 heterocycles. The molecule has 2 aromatic rings. The van der Waals surface area contributed by atoms with Gasteiger partial charge in [-0.2, -0.15) is 18.2 Å². The first-order valence-electron chi connectivity index (χ1n) is 9.26. The Bertz CT molecular complexity index is 810. The summed E-state index contributed by atoms with van der Waals surface area (Å²) in [4.78, 5) is 14.3. The molecule has 10 heteroatoms. The zero-order valence-corrected chi connectivity index (χ0v) is 16.5. The van der Waals surface area contributed by atoms with Crippen LogP contribution in [0.5, 0.6) is 0 Å². The van der Waals surface area contributed by atoms with E-state index in [0.29, 0.717) is 11.6 Å². The van der Waals surface area contributed by atoms with Crippen LogP contribution in [0.25, 0.3) is 11.4 Å². The predicted molar refractivity (Wildman–Crippen MR) is 102 cm³/mol. The van der Waals surface area contributed by atoms with E-state index in [-0.39, 0.29) is 18.3 Å². The molecule has 1 fully saturated rings. The van der Waals surface area contributed by atoms with Crippen molar-refractivity contribution in [2.75, 3.05) is 18.4 Å². The average molecular weight is 414 g/mol. The molecule has 29 heavy (non-hydrogen) atoms. The highest BCUT2D eigenvalue weighted by molar-refractivity contribution is 5.64. The van der Waals surface area contributed by atoms with Crippen LogP contribution in [0.3, 0.4) is 0 Å². The average Bonchev–Trinajstić information content (AvgIpc) is 3.25. The SMILES string of the molecule is Cc1cc(NC(C)CN2CCC[C@@H]2C)ccc1-c1noc(C(F)(F)F)n1.O=CO. The molecule has 0 bridgehead atoms. The molecule has 0 spiro atoms. The number of halogens is 3. The highest BCUT2D eigenvalue weighted by Crippen LogP contribution is 2.31. The molecule has 1 aromatic heterocycles. The lowest BCUT2D eigenvalue weighted by Crippen LogP contribution is -2.36. The summed E-state index contributed by atoms with van der Waals surface area (Å²) >= 11 is 0. The van der Waals surface area contributed by atoms with Crippen LogP contribution in [0.15, 0.2) is 22.7 Å². The number of hydrogen-bond donors (Lipinski definition) is 2. The predicted octanol–water partition coefficient (Wildman–Crippen LogP) is 4.05. The Kier molecular flexibility index (Phi) is 7.60. The fraction of sp³-hybridized carbons (Fsp3) is 0.526. The Morgan fingerprint density at radius 1 is 1.45 bits per heavy atom. The molecule has 1 saturated heterocycles. The molecule has 2 N–H and O–H groups in total. The third kappa shape index (κ3) is 6.18. The summed E-state index contributed by atoms with van der Waals surface area (Å²) in [6, 6.07) is 6.32. The number of aryl methyl sites for hydroxylation is 1. The van der Waals surface area contributed by atoms with Gasteiger partial charge in [0.25, 0.3) is 6.47 Å². The van der Waals surface area contributed by atoms with Gasteiger partial charge in [-0.25, -0.2) is 0 Å². The first-order chi connectivity index (χ1) is 13.7. The molecule has 160 valence electrons. The van der Waals surface area contributed by atoms with Gasteiger partial charge in [0.05, 0.1) is 0 Å². The number of carbonyl (C=O) groups is 1. The largest absolute Gasteiger partial charge is 0.483 e. The maximum atomic E-state index is 12.6. The normalized spacial score (nSPS) is 18.1. The Morgan fingerprint density at radius 3 is 2.66 bits per heavy atom. The number of hydrogen-bond acceptors (Lipinski definition) is 6. The van der Waals surface area contributed by atoms with Crippen LogP contribution in [0.1, 0.15) is 38.1 Å². The molecule has 1 aromatic carbocycles. The van der Waals surface area contributed by atoms with Crippen molar-refractivity contribution >= 4 is 12.2 Å². The molecule has 0 amide bonds. The summed E-state index contributed by atoms with van der Waals surface area (Å²) in [5, 5.41) is 13.8. The first kappa shape index (κ1) is 22.7. The number of nitrogens with zero attached hydrogens (tertiary/aromatic N) is 3. The van der Waals surface area contributed by atoms with Crippen LogP contribution in [-0.2, 0) is 11.0 Å². The lowest BCUT2D eigenvalue weighted by molar-refractivity contribution is -0.159. The third-order valence-corrected chi connectivity index (χ3v) is 4.75. The van der Waals surface area contributed by atoms with Crippen molar-refractivity contribution in [3.63, 3.8) is 0 Å². The Hall–Kier alpha value is -2.62. The minimum absolute atomic E-state index is 0.0553. The summed E-state index contributed by atoms with van der Waals surface area (Å²) in [5.41, 5.74) is 2.23. The number of alkyl halides is 3. The van der Waals surface area contributed by atoms with Gasteiger partial charge in [-0.3, -0.25) is 9.69 Å². The van der Waals surface area contributed by atoms with Crippen molar-refractivity contribution in [1.82, 2.24) is 15.0 Å². The Labute approximate surface area is 166 Å². The summed E-state index contributed by atoms with van der Waals surface area (Å²) in [5.74, 6) is -1.39. The van der Waals surface area contributed by atoms with E-state index in [1.54, 1.807) is 6.07 Å². The van der Waals surface area contributed by atoms with E-state index in [1.165, 1.54) is 12.8 Å². The number of nitrogens with one attached hydrogen (secondary N) is 1. The minimum atomic E-state index is -4.64. The van der Waals surface area contributed by atoms with Crippen LogP contribution in [0.4, 0.5) is 18.9 Å². The number of anilines is 1. The summed E-state index contributed by atoms with van der Waals surface area (Å²) in [6.45, 7) is 8.03. The van der Waals surface area contributed by atoms with Gasteiger partial charge in [-0.15, -0.1) is 0 Å². The maximum Gasteiger partial charge on any atom is 0.471 e. The van der Waals surface area contributed by atoms with Crippen LogP contribution >= 0.6 is 0 Å². The number of carboxylic acid groups (broad SMARTS) is 1. The summed E-state index contributed by atoms with van der Waals surface area (Å²) in [6.07, 6.45) is -2.15. The first-order valence-corrected chi connectivity index (χ1v) is 9.26. The quantitative estimate of drug-likeness (QED) is 0.713.